The van der Waals surface area contributed by atoms with Gasteiger partial charge in [-0.3, -0.25) is 0 Å². The quantitative estimate of drug-likeness (QED) is 0.263. The average molecular weight is 215 g/mol. The molecule has 0 amide bonds. The van der Waals surface area contributed by atoms with Gasteiger partial charge >= 0.3 is 0 Å². The van der Waals surface area contributed by atoms with E-state index in [4.69, 9.17) is 15.7 Å². The number of nitrogens with two attached hydrogens (primary N) is 1. The summed E-state index contributed by atoms with van der Waals surface area (Å²) in [6, 6.07) is 0.202. The molecule has 15 heavy (non-hydrogen) atoms. The second-order valence-electron chi connectivity index (χ2n) is 4.32. The Bertz CT molecular complexity index is 221. The Morgan fingerprint density at radius 2 is 2.33 bits per heavy atom. The Hall–Kier alpha value is -0.810. The van der Waals surface area contributed by atoms with Crippen LogP contribution < -0.4 is 11.1 Å². The zero-order valence-electron chi connectivity index (χ0n) is 9.49. The SMILES string of the molecule is COC1(CNC(C)CC(N)=NO)CCC1. The molecule has 1 saturated carbocycles. The van der Waals surface area contributed by atoms with Gasteiger partial charge in [-0.25, -0.2) is 0 Å². The van der Waals surface area contributed by atoms with Crippen molar-refractivity contribution in [3.05, 3.63) is 0 Å². The van der Waals surface area contributed by atoms with Gasteiger partial charge in [0.05, 0.1) is 5.60 Å². The molecule has 1 atom stereocenters. The third kappa shape index (κ3) is 3.35. The summed E-state index contributed by atoms with van der Waals surface area (Å²) in [5, 5.41) is 14.7. The highest BCUT2D eigenvalue weighted by Gasteiger charge is 2.36. The van der Waals surface area contributed by atoms with Gasteiger partial charge in [0, 0.05) is 26.1 Å². The molecular weight excluding hydrogens is 194 g/mol. The molecule has 88 valence electrons. The van der Waals surface area contributed by atoms with Gasteiger partial charge in [-0.05, 0) is 26.2 Å². The van der Waals surface area contributed by atoms with E-state index in [1.165, 1.54) is 6.42 Å². The fourth-order valence-corrected chi connectivity index (χ4v) is 1.81. The molecule has 0 saturated heterocycles. The molecule has 0 bridgehead atoms. The summed E-state index contributed by atoms with van der Waals surface area (Å²) in [5.41, 5.74) is 5.45. The average Bonchev–Trinajstić information content (AvgIpc) is 2.16. The van der Waals surface area contributed by atoms with Crippen LogP contribution >= 0.6 is 0 Å². The number of amidine groups is 1. The van der Waals surface area contributed by atoms with Gasteiger partial charge in [0.25, 0.3) is 0 Å². The van der Waals surface area contributed by atoms with Crippen LogP contribution in [-0.4, -0.2) is 36.3 Å². The number of oxime groups is 1. The fraction of sp³-hybridized carbons (Fsp3) is 0.900. The molecule has 0 aromatic heterocycles. The summed E-state index contributed by atoms with van der Waals surface area (Å²) in [4.78, 5) is 0. The first-order valence-electron chi connectivity index (χ1n) is 5.37. The predicted octanol–water partition coefficient (Wildman–Crippen LogP) is 0.670. The Morgan fingerprint density at radius 1 is 1.67 bits per heavy atom. The van der Waals surface area contributed by atoms with Crippen molar-refractivity contribution in [2.24, 2.45) is 10.9 Å². The number of rotatable bonds is 6. The normalized spacial score (nSPS) is 22.1. The first-order valence-corrected chi connectivity index (χ1v) is 5.37. The number of ether oxygens (including phenoxy) is 1. The lowest BCUT2D eigenvalue weighted by Gasteiger charge is -2.41. The first-order chi connectivity index (χ1) is 7.12. The molecule has 5 heteroatoms. The Morgan fingerprint density at radius 3 is 2.73 bits per heavy atom. The van der Waals surface area contributed by atoms with E-state index in [0.717, 1.165) is 19.4 Å². The largest absolute Gasteiger partial charge is 0.409 e. The number of hydrogen-bond donors (Lipinski definition) is 3. The molecule has 5 nitrogen and oxygen atoms in total. The fourth-order valence-electron chi connectivity index (χ4n) is 1.81. The molecule has 1 unspecified atom stereocenters. The van der Waals surface area contributed by atoms with Crippen LogP contribution in [0.5, 0.6) is 0 Å². The van der Waals surface area contributed by atoms with Crippen LogP contribution in [0, 0.1) is 0 Å². The summed E-state index contributed by atoms with van der Waals surface area (Å²) < 4.78 is 5.48. The Balaban J connectivity index is 2.24. The van der Waals surface area contributed by atoms with Crippen molar-refractivity contribution >= 4 is 5.84 Å². The maximum Gasteiger partial charge on any atom is 0.140 e. The summed E-state index contributed by atoms with van der Waals surface area (Å²) in [5.74, 6) is 0.259. The number of methoxy groups -OCH3 is 1. The van der Waals surface area contributed by atoms with E-state index >= 15 is 0 Å². The molecule has 0 aliphatic heterocycles. The monoisotopic (exact) mass is 215 g/mol. The van der Waals surface area contributed by atoms with Crippen LogP contribution in [0.15, 0.2) is 5.16 Å². The molecule has 0 aromatic carbocycles. The highest BCUT2D eigenvalue weighted by molar-refractivity contribution is 5.80. The molecule has 0 radical (unpaired) electrons. The molecule has 4 N–H and O–H groups in total. The lowest BCUT2D eigenvalue weighted by Crippen LogP contribution is -2.50. The molecule has 0 spiro atoms. The third-order valence-corrected chi connectivity index (χ3v) is 3.11. The van der Waals surface area contributed by atoms with Crippen LogP contribution in [0.4, 0.5) is 0 Å². The minimum absolute atomic E-state index is 0.0272. The van der Waals surface area contributed by atoms with E-state index in [9.17, 15) is 0 Å². The van der Waals surface area contributed by atoms with E-state index in [-0.39, 0.29) is 17.5 Å². The van der Waals surface area contributed by atoms with E-state index in [2.05, 4.69) is 10.5 Å². The smallest absolute Gasteiger partial charge is 0.140 e. The molecule has 1 fully saturated rings. The van der Waals surface area contributed by atoms with Gasteiger partial charge in [-0.1, -0.05) is 5.16 Å². The van der Waals surface area contributed by atoms with Crippen molar-refractivity contribution in [1.29, 1.82) is 0 Å². The standard InChI is InChI=1S/C10H21N3O2/c1-8(6-9(11)13-14)12-7-10(15-2)4-3-5-10/h8,12,14H,3-7H2,1-2H3,(H2,11,13). The van der Waals surface area contributed by atoms with E-state index < -0.39 is 0 Å². The van der Waals surface area contributed by atoms with Crippen molar-refractivity contribution in [2.75, 3.05) is 13.7 Å². The van der Waals surface area contributed by atoms with Crippen molar-refractivity contribution in [3.8, 4) is 0 Å². The first kappa shape index (κ1) is 12.3. The molecule has 1 rings (SSSR count). The molecular formula is C10H21N3O2. The minimum Gasteiger partial charge on any atom is -0.409 e. The molecule has 1 aliphatic rings. The summed E-state index contributed by atoms with van der Waals surface area (Å²) >= 11 is 0. The van der Waals surface area contributed by atoms with Gasteiger partial charge in [0.2, 0.25) is 0 Å². The van der Waals surface area contributed by atoms with Crippen molar-refractivity contribution in [3.63, 3.8) is 0 Å². The van der Waals surface area contributed by atoms with E-state index in [1.807, 2.05) is 6.92 Å². The van der Waals surface area contributed by atoms with Crippen molar-refractivity contribution in [2.45, 2.75) is 44.2 Å². The van der Waals surface area contributed by atoms with Gasteiger partial charge in [0.15, 0.2) is 0 Å². The van der Waals surface area contributed by atoms with Gasteiger partial charge < -0.3 is 21.0 Å². The lowest BCUT2D eigenvalue weighted by atomic mass is 9.80. The second-order valence-corrected chi connectivity index (χ2v) is 4.32. The maximum absolute atomic E-state index is 8.43. The van der Waals surface area contributed by atoms with Crippen LogP contribution in [0.25, 0.3) is 0 Å². The summed E-state index contributed by atoms with van der Waals surface area (Å²) in [6.07, 6.45) is 4.03. The zero-order valence-corrected chi connectivity index (χ0v) is 9.49. The number of hydrogen-bond acceptors (Lipinski definition) is 4. The lowest BCUT2D eigenvalue weighted by molar-refractivity contribution is -0.0705. The predicted molar refractivity (Wildman–Crippen MR) is 59.1 cm³/mol. The Labute approximate surface area is 90.7 Å². The van der Waals surface area contributed by atoms with E-state index in [1.54, 1.807) is 7.11 Å². The zero-order chi connectivity index (χ0) is 11.3. The van der Waals surface area contributed by atoms with Gasteiger partial charge in [0.1, 0.15) is 5.84 Å². The van der Waals surface area contributed by atoms with Gasteiger partial charge in [-0.2, -0.15) is 0 Å². The highest BCUT2D eigenvalue weighted by atomic mass is 16.5. The second kappa shape index (κ2) is 5.32. The molecule has 1 aliphatic carbocycles. The van der Waals surface area contributed by atoms with Crippen molar-refractivity contribution < 1.29 is 9.94 Å². The number of nitrogens with one attached hydrogen (secondary N) is 1. The highest BCUT2D eigenvalue weighted by Crippen LogP contribution is 2.34. The van der Waals surface area contributed by atoms with Crippen LogP contribution in [0.1, 0.15) is 32.6 Å². The Kier molecular flexibility index (Phi) is 4.35. The van der Waals surface area contributed by atoms with E-state index in [0.29, 0.717) is 6.42 Å². The molecule has 0 aromatic rings. The van der Waals surface area contributed by atoms with Crippen LogP contribution in [0.3, 0.4) is 0 Å². The van der Waals surface area contributed by atoms with Gasteiger partial charge in [-0.15, -0.1) is 0 Å². The molecule has 0 heterocycles. The van der Waals surface area contributed by atoms with Crippen LogP contribution in [0.2, 0.25) is 0 Å². The number of nitrogens with zero attached hydrogens (tertiary/aromatic N) is 1. The summed E-state index contributed by atoms with van der Waals surface area (Å²) in [6.45, 7) is 2.85. The minimum atomic E-state index is 0.0272. The van der Waals surface area contributed by atoms with Crippen LogP contribution in [-0.2, 0) is 4.74 Å². The topological polar surface area (TPSA) is 79.9 Å². The third-order valence-electron chi connectivity index (χ3n) is 3.11. The summed E-state index contributed by atoms with van der Waals surface area (Å²) in [7, 11) is 1.76. The van der Waals surface area contributed by atoms with Crippen molar-refractivity contribution in [1.82, 2.24) is 5.32 Å². The maximum atomic E-state index is 8.43.